The lowest BCUT2D eigenvalue weighted by Crippen LogP contribution is -2.52. The van der Waals surface area contributed by atoms with Gasteiger partial charge in [0.1, 0.15) is 30.0 Å². The number of quaternary nitrogens is 1. The molecule has 0 amide bonds. The highest BCUT2D eigenvalue weighted by molar-refractivity contribution is 7.91. The average Bonchev–Trinajstić information content (AvgIpc) is 2.69. The standard InChI is InChI=1S/C21H25N2O3S/c1-2-15-27(24,25)23(14-6-7-18(16-22)17-23)19-10-12-21(13-11-19)26-20-8-4-3-5-9-20/h3-13,17H,2,14-16,22H2,1H3/q+1. The van der Waals surface area contributed by atoms with Crippen LogP contribution < -0.4 is 14.4 Å². The van der Waals surface area contributed by atoms with Crippen LogP contribution in [0.15, 0.2) is 78.5 Å². The Kier molecular flexibility index (Phi) is 5.79. The van der Waals surface area contributed by atoms with Gasteiger partial charge in [0.25, 0.3) is 0 Å². The normalized spacial score (nSPS) is 19.6. The van der Waals surface area contributed by atoms with Gasteiger partial charge in [-0.2, -0.15) is 12.3 Å². The van der Waals surface area contributed by atoms with Crippen LogP contribution in [-0.4, -0.2) is 27.3 Å². The van der Waals surface area contributed by atoms with E-state index in [0.29, 0.717) is 30.9 Å². The van der Waals surface area contributed by atoms with Crippen LogP contribution in [0.2, 0.25) is 0 Å². The van der Waals surface area contributed by atoms with Crippen molar-refractivity contribution >= 4 is 15.7 Å². The van der Waals surface area contributed by atoms with Crippen LogP contribution in [0, 0.1) is 0 Å². The zero-order valence-electron chi connectivity index (χ0n) is 15.4. The minimum atomic E-state index is -3.45. The van der Waals surface area contributed by atoms with Crippen molar-refractivity contribution in [2.45, 2.75) is 13.3 Å². The second-order valence-electron chi connectivity index (χ2n) is 6.48. The van der Waals surface area contributed by atoms with Gasteiger partial charge in [-0.3, -0.25) is 0 Å². The topological polar surface area (TPSA) is 69.4 Å². The van der Waals surface area contributed by atoms with Crippen molar-refractivity contribution in [3.63, 3.8) is 0 Å². The molecule has 5 nitrogen and oxygen atoms in total. The van der Waals surface area contributed by atoms with Gasteiger partial charge in [0, 0.05) is 24.3 Å². The molecule has 0 saturated carbocycles. The summed E-state index contributed by atoms with van der Waals surface area (Å²) in [6.45, 7) is 2.52. The SMILES string of the molecule is CCCS(=O)(=O)[N+]1(c2ccc(Oc3ccccc3)cc2)C=C(CN)C=CC1. The molecule has 2 aromatic carbocycles. The van der Waals surface area contributed by atoms with Crippen LogP contribution in [0.4, 0.5) is 5.69 Å². The first kappa shape index (κ1) is 19.4. The van der Waals surface area contributed by atoms with Gasteiger partial charge in [0.2, 0.25) is 0 Å². The molecule has 0 aliphatic carbocycles. The highest BCUT2D eigenvalue weighted by Gasteiger charge is 2.42. The Hall–Kier alpha value is -2.41. The van der Waals surface area contributed by atoms with Gasteiger partial charge in [-0.25, -0.2) is 0 Å². The first-order chi connectivity index (χ1) is 13.0. The van der Waals surface area contributed by atoms with E-state index in [1.165, 1.54) is 0 Å². The minimum Gasteiger partial charge on any atom is -0.457 e. The maximum Gasteiger partial charge on any atom is 0.306 e. The zero-order chi connectivity index (χ0) is 19.3. The van der Waals surface area contributed by atoms with E-state index in [2.05, 4.69) is 0 Å². The Morgan fingerprint density at radius 1 is 1.04 bits per heavy atom. The van der Waals surface area contributed by atoms with E-state index >= 15 is 0 Å². The number of nitrogens with zero attached hydrogens (tertiary/aromatic N) is 1. The maximum absolute atomic E-state index is 13.2. The molecule has 27 heavy (non-hydrogen) atoms. The summed E-state index contributed by atoms with van der Waals surface area (Å²) in [7, 11) is -3.45. The van der Waals surface area contributed by atoms with E-state index in [-0.39, 0.29) is 9.64 Å². The van der Waals surface area contributed by atoms with Crippen molar-refractivity contribution in [2.24, 2.45) is 5.73 Å². The van der Waals surface area contributed by atoms with E-state index in [4.69, 9.17) is 10.5 Å². The maximum atomic E-state index is 13.2. The number of ether oxygens (including phenoxy) is 1. The van der Waals surface area contributed by atoms with Crippen LogP contribution in [0.3, 0.4) is 0 Å². The Labute approximate surface area is 161 Å². The number of rotatable bonds is 7. The second kappa shape index (κ2) is 8.08. The molecule has 0 bridgehead atoms. The number of hydrogen-bond donors (Lipinski definition) is 1. The van der Waals surface area contributed by atoms with Crippen molar-refractivity contribution < 1.29 is 13.2 Å². The lowest BCUT2D eigenvalue weighted by atomic mass is 10.2. The third kappa shape index (κ3) is 3.98. The van der Waals surface area contributed by atoms with Crippen LogP contribution in [0.5, 0.6) is 11.5 Å². The molecule has 142 valence electrons. The summed E-state index contributed by atoms with van der Waals surface area (Å²) in [6.07, 6.45) is 6.10. The molecule has 0 spiro atoms. The number of para-hydroxylation sites is 1. The molecule has 0 radical (unpaired) electrons. The highest BCUT2D eigenvalue weighted by Crippen LogP contribution is 2.34. The lowest BCUT2D eigenvalue weighted by molar-refractivity contribution is 0.480. The minimum absolute atomic E-state index is 0.109. The number of benzene rings is 2. The Morgan fingerprint density at radius 2 is 1.70 bits per heavy atom. The van der Waals surface area contributed by atoms with Crippen molar-refractivity contribution in [3.8, 4) is 11.5 Å². The summed E-state index contributed by atoms with van der Waals surface area (Å²) in [5, 5.41) is 0. The third-order valence-electron chi connectivity index (χ3n) is 4.53. The van der Waals surface area contributed by atoms with Gasteiger partial charge in [-0.05, 0) is 36.8 Å². The van der Waals surface area contributed by atoms with Crippen LogP contribution in [0.25, 0.3) is 0 Å². The van der Waals surface area contributed by atoms with Gasteiger partial charge in [0.05, 0.1) is 0 Å². The van der Waals surface area contributed by atoms with Crippen molar-refractivity contribution in [1.29, 1.82) is 0 Å². The zero-order valence-corrected chi connectivity index (χ0v) is 16.2. The Balaban J connectivity index is 1.98. The highest BCUT2D eigenvalue weighted by atomic mass is 32.2. The summed E-state index contributed by atoms with van der Waals surface area (Å²) >= 11 is 0. The van der Waals surface area contributed by atoms with E-state index < -0.39 is 10.0 Å². The van der Waals surface area contributed by atoms with Gasteiger partial charge in [0.15, 0.2) is 5.69 Å². The molecule has 1 aliphatic rings. The summed E-state index contributed by atoms with van der Waals surface area (Å²) in [5.74, 6) is 1.50. The van der Waals surface area contributed by atoms with Crippen LogP contribution in [-0.2, 0) is 10.0 Å². The molecule has 1 atom stereocenters. The van der Waals surface area contributed by atoms with Gasteiger partial charge in [-0.15, -0.1) is 0 Å². The summed E-state index contributed by atoms with van der Waals surface area (Å²) in [4.78, 5) is 0. The molecule has 6 heteroatoms. The molecule has 3 rings (SSSR count). The van der Waals surface area contributed by atoms with Gasteiger partial charge in [-0.1, -0.05) is 31.2 Å². The van der Waals surface area contributed by atoms with Gasteiger partial charge >= 0.3 is 10.0 Å². The molecular formula is C21H25N2O3S+. The van der Waals surface area contributed by atoms with Crippen molar-refractivity contribution in [1.82, 2.24) is 3.89 Å². The molecule has 1 aliphatic heterocycles. The quantitative estimate of drug-likeness (QED) is 0.733. The third-order valence-corrected chi connectivity index (χ3v) is 6.91. The van der Waals surface area contributed by atoms with Crippen LogP contribution >= 0.6 is 0 Å². The molecule has 2 N–H and O–H groups in total. The van der Waals surface area contributed by atoms with E-state index in [0.717, 1.165) is 11.3 Å². The molecular weight excluding hydrogens is 360 g/mol. The fourth-order valence-electron chi connectivity index (χ4n) is 3.19. The molecule has 2 aromatic rings. The first-order valence-electron chi connectivity index (χ1n) is 9.03. The lowest BCUT2D eigenvalue weighted by Gasteiger charge is -2.34. The number of nitrogens with two attached hydrogens (primary N) is 1. The van der Waals surface area contributed by atoms with Crippen LogP contribution in [0.1, 0.15) is 13.3 Å². The monoisotopic (exact) mass is 385 g/mol. The molecule has 0 aromatic heterocycles. The first-order valence-corrected chi connectivity index (χ1v) is 10.6. The number of sulfonamides is 1. The van der Waals surface area contributed by atoms with Crippen molar-refractivity contribution in [3.05, 3.63) is 78.5 Å². The van der Waals surface area contributed by atoms with E-state index in [1.54, 1.807) is 18.3 Å². The molecule has 1 heterocycles. The summed E-state index contributed by atoms with van der Waals surface area (Å²) in [5.41, 5.74) is 7.28. The Bertz CT molecular complexity index is 935. The van der Waals surface area contributed by atoms with Gasteiger partial charge < -0.3 is 10.5 Å². The average molecular weight is 386 g/mol. The summed E-state index contributed by atoms with van der Waals surface area (Å²) in [6, 6.07) is 16.7. The fourth-order valence-corrected chi connectivity index (χ4v) is 5.09. The predicted octanol–water partition coefficient (Wildman–Crippen LogP) is 3.94. The van der Waals surface area contributed by atoms with E-state index in [1.807, 2.05) is 61.5 Å². The van der Waals surface area contributed by atoms with Crippen molar-refractivity contribution in [2.75, 3.05) is 18.8 Å². The number of hydrogen-bond acceptors (Lipinski definition) is 4. The second-order valence-corrected chi connectivity index (χ2v) is 8.71. The fraction of sp³-hybridized carbons (Fsp3) is 0.238. The molecule has 1 unspecified atom stereocenters. The smallest absolute Gasteiger partial charge is 0.306 e. The van der Waals surface area contributed by atoms with E-state index in [9.17, 15) is 8.42 Å². The Morgan fingerprint density at radius 3 is 2.33 bits per heavy atom. The molecule has 0 fully saturated rings. The summed E-state index contributed by atoms with van der Waals surface area (Å²) < 4.78 is 31.9. The predicted molar refractivity (Wildman–Crippen MR) is 110 cm³/mol. The molecule has 0 saturated heterocycles. The largest absolute Gasteiger partial charge is 0.457 e.